The third kappa shape index (κ3) is 3.74. The molecule has 7 nitrogen and oxygen atoms in total. The van der Waals surface area contributed by atoms with Crippen LogP contribution < -0.4 is 10.1 Å². The van der Waals surface area contributed by atoms with Gasteiger partial charge in [-0.25, -0.2) is 4.39 Å². The van der Waals surface area contributed by atoms with Crippen LogP contribution >= 0.6 is 11.8 Å². The van der Waals surface area contributed by atoms with Crippen LogP contribution in [0.4, 0.5) is 10.1 Å². The molecular formula is C15H13FN4O3S. The number of hydrogen-bond acceptors (Lipinski definition) is 6. The highest BCUT2D eigenvalue weighted by Gasteiger charge is 2.12. The third-order valence-corrected chi connectivity index (χ3v) is 3.86. The van der Waals surface area contributed by atoms with Crippen molar-refractivity contribution in [2.24, 2.45) is 0 Å². The van der Waals surface area contributed by atoms with E-state index in [1.807, 2.05) is 0 Å². The van der Waals surface area contributed by atoms with Gasteiger partial charge in [0.1, 0.15) is 11.6 Å². The molecule has 2 N–H and O–H groups in total. The normalized spacial score (nSPS) is 10.6. The standard InChI is InChI=1S/C15H13FN4O3S/c1-22-12-7-9(16)4-5-10(12)17-13(21)8-24-15-18-14(19-20-15)11-3-2-6-23-11/h2-7H,8H2,1H3,(H,17,21)(H,18,19,20). The van der Waals surface area contributed by atoms with Gasteiger partial charge in [0, 0.05) is 6.07 Å². The number of nitrogens with one attached hydrogen (secondary N) is 2. The van der Waals surface area contributed by atoms with Gasteiger partial charge in [0.25, 0.3) is 0 Å². The van der Waals surface area contributed by atoms with Crippen LogP contribution in [0.2, 0.25) is 0 Å². The number of thioether (sulfide) groups is 1. The van der Waals surface area contributed by atoms with Crippen LogP contribution in [-0.4, -0.2) is 34.0 Å². The Morgan fingerprint density at radius 2 is 2.29 bits per heavy atom. The maximum atomic E-state index is 13.1. The van der Waals surface area contributed by atoms with E-state index in [0.717, 1.165) is 0 Å². The lowest BCUT2D eigenvalue weighted by Crippen LogP contribution is -2.14. The highest BCUT2D eigenvalue weighted by molar-refractivity contribution is 7.99. The van der Waals surface area contributed by atoms with E-state index in [2.05, 4.69) is 20.5 Å². The number of halogens is 1. The van der Waals surface area contributed by atoms with Crippen molar-refractivity contribution in [3.05, 3.63) is 42.4 Å². The fraction of sp³-hybridized carbons (Fsp3) is 0.133. The Morgan fingerprint density at radius 1 is 1.42 bits per heavy atom. The zero-order chi connectivity index (χ0) is 16.9. The molecule has 0 atom stereocenters. The van der Waals surface area contributed by atoms with E-state index < -0.39 is 5.82 Å². The van der Waals surface area contributed by atoms with Crippen molar-refractivity contribution >= 4 is 23.4 Å². The molecule has 3 aromatic rings. The average Bonchev–Trinajstić information content (AvgIpc) is 3.25. The lowest BCUT2D eigenvalue weighted by molar-refractivity contribution is -0.113. The van der Waals surface area contributed by atoms with Gasteiger partial charge < -0.3 is 19.5 Å². The number of furan rings is 1. The first-order valence-electron chi connectivity index (χ1n) is 6.88. The van der Waals surface area contributed by atoms with E-state index in [4.69, 9.17) is 9.15 Å². The van der Waals surface area contributed by atoms with Gasteiger partial charge in [-0.3, -0.25) is 4.79 Å². The van der Waals surface area contributed by atoms with Crippen molar-refractivity contribution in [1.82, 2.24) is 15.2 Å². The zero-order valence-electron chi connectivity index (χ0n) is 12.6. The summed E-state index contributed by atoms with van der Waals surface area (Å²) in [4.78, 5) is 15.0. The van der Waals surface area contributed by atoms with E-state index in [9.17, 15) is 9.18 Å². The lowest BCUT2D eigenvalue weighted by atomic mass is 10.3. The molecule has 0 spiro atoms. The number of benzene rings is 1. The van der Waals surface area contributed by atoms with Crippen LogP contribution in [0.5, 0.6) is 5.75 Å². The summed E-state index contributed by atoms with van der Waals surface area (Å²) >= 11 is 1.18. The molecule has 0 aliphatic rings. The molecule has 2 aromatic heterocycles. The van der Waals surface area contributed by atoms with Crippen molar-refractivity contribution in [2.75, 3.05) is 18.2 Å². The molecule has 0 bridgehead atoms. The summed E-state index contributed by atoms with van der Waals surface area (Å²) in [7, 11) is 1.41. The second kappa shape index (κ2) is 7.18. The molecular weight excluding hydrogens is 335 g/mol. The summed E-state index contributed by atoms with van der Waals surface area (Å²) in [5, 5.41) is 11.0. The Balaban J connectivity index is 1.58. The molecule has 0 aliphatic carbocycles. The predicted molar refractivity (Wildman–Crippen MR) is 86.4 cm³/mol. The number of anilines is 1. The summed E-state index contributed by atoms with van der Waals surface area (Å²) in [5.41, 5.74) is 0.401. The van der Waals surface area contributed by atoms with Crippen LogP contribution in [0.3, 0.4) is 0 Å². The SMILES string of the molecule is COc1cc(F)ccc1NC(=O)CSc1nnc(-c2ccco2)[nH]1. The number of H-pyrrole nitrogens is 1. The summed E-state index contributed by atoms with van der Waals surface area (Å²) in [6, 6.07) is 7.39. The second-order valence-electron chi connectivity index (χ2n) is 4.64. The zero-order valence-corrected chi connectivity index (χ0v) is 13.4. The molecule has 0 fully saturated rings. The van der Waals surface area contributed by atoms with Gasteiger partial charge in [0.15, 0.2) is 16.7 Å². The van der Waals surface area contributed by atoms with E-state index in [-0.39, 0.29) is 17.4 Å². The van der Waals surface area contributed by atoms with Crippen LogP contribution in [-0.2, 0) is 4.79 Å². The number of carbonyl (C=O) groups is 1. The molecule has 1 amide bonds. The summed E-state index contributed by atoms with van der Waals surface area (Å²) in [5.74, 6) is 0.700. The van der Waals surface area contributed by atoms with Crippen molar-refractivity contribution in [1.29, 1.82) is 0 Å². The Kier molecular flexibility index (Phi) is 4.80. The first-order valence-corrected chi connectivity index (χ1v) is 7.87. The molecule has 0 unspecified atom stereocenters. The molecule has 0 saturated carbocycles. The molecule has 0 aliphatic heterocycles. The Morgan fingerprint density at radius 3 is 3.04 bits per heavy atom. The largest absolute Gasteiger partial charge is 0.494 e. The quantitative estimate of drug-likeness (QED) is 0.665. The van der Waals surface area contributed by atoms with Gasteiger partial charge in [0.05, 0.1) is 24.8 Å². The second-order valence-corrected chi connectivity index (χ2v) is 5.60. The fourth-order valence-corrected chi connectivity index (χ4v) is 2.53. The number of amides is 1. The maximum absolute atomic E-state index is 13.1. The number of ether oxygens (including phenoxy) is 1. The number of aromatic amines is 1. The van der Waals surface area contributed by atoms with Gasteiger partial charge in [0.2, 0.25) is 5.91 Å². The number of rotatable bonds is 6. The number of methoxy groups -OCH3 is 1. The number of carbonyl (C=O) groups excluding carboxylic acids is 1. The van der Waals surface area contributed by atoms with E-state index in [1.165, 1.54) is 43.3 Å². The van der Waals surface area contributed by atoms with Crippen LogP contribution in [0.15, 0.2) is 46.2 Å². The molecule has 24 heavy (non-hydrogen) atoms. The highest BCUT2D eigenvalue weighted by atomic mass is 32.2. The summed E-state index contributed by atoms with van der Waals surface area (Å²) in [6.45, 7) is 0. The predicted octanol–water partition coefficient (Wildman–Crippen LogP) is 2.94. The molecule has 124 valence electrons. The smallest absolute Gasteiger partial charge is 0.234 e. The number of nitrogens with zero attached hydrogens (tertiary/aromatic N) is 2. The van der Waals surface area contributed by atoms with E-state index >= 15 is 0 Å². The minimum absolute atomic E-state index is 0.104. The van der Waals surface area contributed by atoms with Crippen LogP contribution in [0.25, 0.3) is 11.6 Å². The van der Waals surface area contributed by atoms with Crippen LogP contribution in [0, 0.1) is 5.82 Å². The molecule has 0 radical (unpaired) electrons. The molecule has 0 saturated heterocycles. The Hall–Kier alpha value is -2.81. The topological polar surface area (TPSA) is 93.0 Å². The monoisotopic (exact) mass is 348 g/mol. The van der Waals surface area contributed by atoms with Gasteiger partial charge in [-0.05, 0) is 24.3 Å². The third-order valence-electron chi connectivity index (χ3n) is 3.00. The highest BCUT2D eigenvalue weighted by Crippen LogP contribution is 2.25. The summed E-state index contributed by atoms with van der Waals surface area (Å²) < 4.78 is 23.4. The first-order chi connectivity index (χ1) is 11.7. The maximum Gasteiger partial charge on any atom is 0.234 e. The number of aromatic nitrogens is 3. The van der Waals surface area contributed by atoms with Crippen molar-refractivity contribution in [2.45, 2.75) is 5.16 Å². The van der Waals surface area contributed by atoms with Crippen LogP contribution in [0.1, 0.15) is 0 Å². The van der Waals surface area contributed by atoms with Gasteiger partial charge in [-0.15, -0.1) is 10.2 Å². The minimum Gasteiger partial charge on any atom is -0.494 e. The van der Waals surface area contributed by atoms with E-state index in [1.54, 1.807) is 12.1 Å². The Labute approximate surface area is 140 Å². The Bertz CT molecular complexity index is 835. The molecule has 2 heterocycles. The van der Waals surface area contributed by atoms with Crippen molar-refractivity contribution < 1.29 is 18.3 Å². The minimum atomic E-state index is -0.439. The average molecular weight is 348 g/mol. The van der Waals surface area contributed by atoms with Crippen molar-refractivity contribution in [3.8, 4) is 17.3 Å². The van der Waals surface area contributed by atoms with Gasteiger partial charge in [-0.1, -0.05) is 11.8 Å². The first kappa shape index (κ1) is 16.1. The molecule has 9 heteroatoms. The fourth-order valence-electron chi connectivity index (χ4n) is 1.92. The van der Waals surface area contributed by atoms with Crippen molar-refractivity contribution in [3.63, 3.8) is 0 Å². The van der Waals surface area contributed by atoms with Gasteiger partial charge in [-0.2, -0.15) is 0 Å². The molecule has 3 rings (SSSR count). The summed E-state index contributed by atoms with van der Waals surface area (Å²) in [6.07, 6.45) is 1.54. The number of hydrogen-bond donors (Lipinski definition) is 2. The van der Waals surface area contributed by atoms with E-state index in [0.29, 0.717) is 22.4 Å². The van der Waals surface area contributed by atoms with Gasteiger partial charge >= 0.3 is 0 Å². The lowest BCUT2D eigenvalue weighted by Gasteiger charge is -2.09. The molecule has 1 aromatic carbocycles.